The van der Waals surface area contributed by atoms with Crippen molar-refractivity contribution in [2.75, 3.05) is 5.75 Å². The van der Waals surface area contributed by atoms with Gasteiger partial charge in [0, 0.05) is 12.6 Å². The molecule has 1 aromatic carbocycles. The van der Waals surface area contributed by atoms with Crippen molar-refractivity contribution in [1.29, 1.82) is 0 Å². The molecule has 0 bridgehead atoms. The Kier molecular flexibility index (Phi) is 4.66. The van der Waals surface area contributed by atoms with E-state index >= 15 is 0 Å². The molecular weight excluding hydrogens is 294 g/mol. The zero-order valence-corrected chi connectivity index (χ0v) is 11.7. The van der Waals surface area contributed by atoms with Crippen LogP contribution in [0.15, 0.2) is 58.3 Å². The number of rotatable bonds is 5. The minimum atomic E-state index is -1.40. The lowest BCUT2D eigenvalue weighted by Gasteiger charge is -2.19. The summed E-state index contributed by atoms with van der Waals surface area (Å²) in [5.41, 5.74) is 0.163. The highest BCUT2D eigenvalue weighted by Gasteiger charge is 2.26. The molecule has 1 atom stereocenters. The van der Waals surface area contributed by atoms with E-state index in [9.17, 15) is 19.2 Å². The SMILES string of the molecule is O=C(O)C1=CNC(C[S@+]([O-])c2ccccc2)=C(C(=O)O)C1. The average Bonchev–Trinajstić information content (AvgIpc) is 2.48. The normalized spacial score (nSPS) is 16.0. The summed E-state index contributed by atoms with van der Waals surface area (Å²) < 4.78 is 12.2. The first-order chi connectivity index (χ1) is 9.99. The Balaban J connectivity index is 2.19. The zero-order valence-electron chi connectivity index (χ0n) is 10.9. The summed E-state index contributed by atoms with van der Waals surface area (Å²) in [6, 6.07) is 8.67. The number of dihydropyridines is 1. The minimum absolute atomic E-state index is 0.00491. The molecule has 0 amide bonds. The quantitative estimate of drug-likeness (QED) is 0.703. The van der Waals surface area contributed by atoms with Gasteiger partial charge in [0.15, 0.2) is 10.6 Å². The number of hydrogen-bond acceptors (Lipinski definition) is 4. The van der Waals surface area contributed by atoms with Crippen LogP contribution in [0.4, 0.5) is 0 Å². The Morgan fingerprint density at radius 3 is 2.43 bits per heavy atom. The van der Waals surface area contributed by atoms with Crippen LogP contribution in [0.1, 0.15) is 6.42 Å². The molecule has 0 saturated heterocycles. The van der Waals surface area contributed by atoms with Crippen molar-refractivity contribution in [3.8, 4) is 0 Å². The third kappa shape index (κ3) is 3.65. The molecule has 0 unspecified atom stereocenters. The molecule has 0 aromatic heterocycles. The van der Waals surface area contributed by atoms with E-state index in [4.69, 9.17) is 5.11 Å². The predicted octanol–water partition coefficient (Wildman–Crippen LogP) is 1.09. The highest BCUT2D eigenvalue weighted by atomic mass is 32.2. The number of benzene rings is 1. The van der Waals surface area contributed by atoms with Gasteiger partial charge in [0.2, 0.25) is 0 Å². The van der Waals surface area contributed by atoms with Crippen molar-refractivity contribution in [3.63, 3.8) is 0 Å². The molecule has 1 aromatic rings. The lowest BCUT2D eigenvalue weighted by molar-refractivity contribution is -0.133. The molecule has 0 fully saturated rings. The first-order valence-electron chi connectivity index (χ1n) is 6.06. The van der Waals surface area contributed by atoms with E-state index in [1.54, 1.807) is 30.3 Å². The van der Waals surface area contributed by atoms with Gasteiger partial charge in [-0.1, -0.05) is 18.2 Å². The first kappa shape index (κ1) is 15.1. The molecular formula is C14H13NO5S. The number of carboxylic acid groups (broad SMARTS) is 2. The Morgan fingerprint density at radius 1 is 1.19 bits per heavy atom. The fourth-order valence-electron chi connectivity index (χ4n) is 1.87. The standard InChI is InChI=1S/C14H13NO5S/c16-13(17)9-6-11(14(18)19)12(15-7-9)8-21(20)10-4-2-1-3-5-10/h1-5,7,15H,6,8H2,(H,16,17)(H,18,19)/t21-/m0/s1. The second-order valence-corrected chi connectivity index (χ2v) is 5.81. The topological polar surface area (TPSA) is 110 Å². The number of carboxylic acids is 2. The number of nitrogens with one attached hydrogen (secondary N) is 1. The highest BCUT2D eigenvalue weighted by Crippen LogP contribution is 2.22. The molecule has 1 aliphatic heterocycles. The second-order valence-electron chi connectivity index (χ2n) is 4.36. The lowest BCUT2D eigenvalue weighted by Crippen LogP contribution is -2.27. The van der Waals surface area contributed by atoms with Crippen molar-refractivity contribution >= 4 is 23.1 Å². The second kappa shape index (κ2) is 6.47. The number of hydrogen-bond donors (Lipinski definition) is 3. The van der Waals surface area contributed by atoms with Gasteiger partial charge in [-0.25, -0.2) is 9.59 Å². The summed E-state index contributed by atoms with van der Waals surface area (Å²) in [4.78, 5) is 22.7. The van der Waals surface area contributed by atoms with Gasteiger partial charge >= 0.3 is 11.9 Å². The monoisotopic (exact) mass is 307 g/mol. The van der Waals surface area contributed by atoms with Gasteiger partial charge in [0.05, 0.1) is 16.8 Å². The van der Waals surface area contributed by atoms with Crippen LogP contribution in [-0.4, -0.2) is 32.5 Å². The Bertz CT molecular complexity index is 624. The van der Waals surface area contributed by atoms with Crippen molar-refractivity contribution in [3.05, 3.63) is 53.4 Å². The van der Waals surface area contributed by atoms with E-state index < -0.39 is 23.1 Å². The van der Waals surface area contributed by atoms with E-state index in [2.05, 4.69) is 5.32 Å². The van der Waals surface area contributed by atoms with Crippen molar-refractivity contribution in [2.45, 2.75) is 11.3 Å². The molecule has 0 aliphatic carbocycles. The third-order valence-corrected chi connectivity index (χ3v) is 4.32. The summed E-state index contributed by atoms with van der Waals surface area (Å²) in [5, 5.41) is 20.7. The Hall–Kier alpha value is -2.25. The smallest absolute Gasteiger partial charge is 0.333 e. The predicted molar refractivity (Wildman–Crippen MR) is 75.9 cm³/mol. The molecule has 110 valence electrons. The van der Waals surface area contributed by atoms with Crippen LogP contribution < -0.4 is 5.32 Å². The van der Waals surface area contributed by atoms with Gasteiger partial charge in [-0.15, -0.1) is 0 Å². The zero-order chi connectivity index (χ0) is 15.4. The van der Waals surface area contributed by atoms with Crippen LogP contribution in [-0.2, 0) is 20.8 Å². The van der Waals surface area contributed by atoms with Crippen LogP contribution in [0.2, 0.25) is 0 Å². The fourth-order valence-corrected chi connectivity index (χ4v) is 3.01. The molecule has 0 saturated carbocycles. The summed E-state index contributed by atoms with van der Waals surface area (Å²) in [7, 11) is 0. The summed E-state index contributed by atoms with van der Waals surface area (Å²) in [5.74, 6) is -2.39. The van der Waals surface area contributed by atoms with Gasteiger partial charge in [-0.05, 0) is 23.3 Å². The largest absolute Gasteiger partial charge is 0.611 e. The Labute approximate surface area is 124 Å². The number of carbonyl (C=O) groups is 2. The van der Waals surface area contributed by atoms with Crippen molar-refractivity contribution in [2.24, 2.45) is 0 Å². The van der Waals surface area contributed by atoms with Crippen molar-refractivity contribution in [1.82, 2.24) is 5.32 Å². The van der Waals surface area contributed by atoms with E-state index in [-0.39, 0.29) is 29.0 Å². The molecule has 1 aliphatic rings. The van der Waals surface area contributed by atoms with Crippen LogP contribution in [0, 0.1) is 0 Å². The molecule has 0 radical (unpaired) electrons. The summed E-state index contributed by atoms with van der Waals surface area (Å²) in [6.45, 7) is 0. The van der Waals surface area contributed by atoms with Crippen LogP contribution in [0.5, 0.6) is 0 Å². The molecule has 2 rings (SSSR count). The summed E-state index contributed by atoms with van der Waals surface area (Å²) >= 11 is -1.40. The maximum absolute atomic E-state index is 12.2. The average molecular weight is 307 g/mol. The van der Waals surface area contributed by atoms with Gasteiger partial charge in [-0.2, -0.15) is 0 Å². The third-order valence-electron chi connectivity index (χ3n) is 2.97. The lowest BCUT2D eigenvalue weighted by atomic mass is 10.0. The maximum Gasteiger partial charge on any atom is 0.333 e. The molecule has 1 heterocycles. The van der Waals surface area contributed by atoms with Crippen molar-refractivity contribution < 1.29 is 24.4 Å². The van der Waals surface area contributed by atoms with Gasteiger partial charge < -0.3 is 20.1 Å². The van der Waals surface area contributed by atoms with Crippen LogP contribution >= 0.6 is 0 Å². The molecule has 0 spiro atoms. The van der Waals surface area contributed by atoms with E-state index in [0.717, 1.165) is 0 Å². The van der Waals surface area contributed by atoms with Crippen LogP contribution in [0.25, 0.3) is 0 Å². The number of aliphatic carboxylic acids is 2. The maximum atomic E-state index is 12.2. The Morgan fingerprint density at radius 2 is 1.86 bits per heavy atom. The molecule has 21 heavy (non-hydrogen) atoms. The summed E-state index contributed by atoms with van der Waals surface area (Å²) in [6.07, 6.45) is 1.05. The van der Waals surface area contributed by atoms with Gasteiger partial charge in [0.1, 0.15) is 0 Å². The van der Waals surface area contributed by atoms with Crippen LogP contribution in [0.3, 0.4) is 0 Å². The van der Waals surface area contributed by atoms with Gasteiger partial charge in [-0.3, -0.25) is 0 Å². The van der Waals surface area contributed by atoms with E-state index in [1.807, 2.05) is 0 Å². The van der Waals surface area contributed by atoms with E-state index in [1.165, 1.54) is 6.20 Å². The van der Waals surface area contributed by atoms with Gasteiger partial charge in [0.25, 0.3) is 0 Å². The fraction of sp³-hybridized carbons (Fsp3) is 0.143. The first-order valence-corrected chi connectivity index (χ1v) is 7.38. The minimum Gasteiger partial charge on any atom is -0.611 e. The highest BCUT2D eigenvalue weighted by molar-refractivity contribution is 7.91. The van der Waals surface area contributed by atoms with E-state index in [0.29, 0.717) is 4.90 Å². The molecule has 3 N–H and O–H groups in total. The molecule has 7 heteroatoms. The molecule has 6 nitrogen and oxygen atoms in total.